The number of hydrogen-bond acceptors (Lipinski definition) is 1. The van der Waals surface area contributed by atoms with Crippen molar-refractivity contribution in [3.05, 3.63) is 11.6 Å². The number of halogens is 9. The maximum atomic E-state index is 13.7. The van der Waals surface area contributed by atoms with E-state index in [1.165, 1.54) is 0 Å². The summed E-state index contributed by atoms with van der Waals surface area (Å²) in [6, 6.07) is 0. The smallest absolute Gasteiger partial charge is 0.384 e. The van der Waals surface area contributed by atoms with Gasteiger partial charge in [-0.1, -0.05) is 50.5 Å². The van der Waals surface area contributed by atoms with Crippen LogP contribution in [0.25, 0.3) is 0 Å². The second-order valence-electron chi connectivity index (χ2n) is 5.92. The Hall–Kier alpha value is -1.37. The Morgan fingerprint density at radius 2 is 1.41 bits per heavy atom. The normalized spacial score (nSPS) is 14.1. The molecule has 0 aromatic rings. The highest BCUT2D eigenvalue weighted by Crippen LogP contribution is 2.54. The molecule has 0 fully saturated rings. The van der Waals surface area contributed by atoms with Crippen molar-refractivity contribution in [2.45, 2.75) is 75.8 Å². The van der Waals surface area contributed by atoms with Gasteiger partial charge in [0.2, 0.25) is 0 Å². The van der Waals surface area contributed by atoms with Crippen molar-refractivity contribution in [1.82, 2.24) is 0 Å². The summed E-state index contributed by atoms with van der Waals surface area (Å²) in [6.45, 7) is 1.13. The molecule has 0 radical (unpaired) electrons. The highest BCUT2D eigenvalue weighted by molar-refractivity contribution is 5.30. The summed E-state index contributed by atoms with van der Waals surface area (Å²) in [5.74, 6) is -15.5. The molecular weight excluding hydrogens is 391 g/mol. The zero-order valence-electron chi connectivity index (χ0n) is 14.6. The summed E-state index contributed by atoms with van der Waals surface area (Å²) >= 11 is 0. The van der Waals surface area contributed by atoms with E-state index in [2.05, 4.69) is 0 Å². The average molecular weight is 412 g/mol. The van der Waals surface area contributed by atoms with Crippen LogP contribution in [0, 0.1) is 11.8 Å². The number of rotatable bonds is 10. The summed E-state index contributed by atoms with van der Waals surface area (Å²) in [7, 11) is 0. The molecule has 0 aromatic heterocycles. The largest absolute Gasteiger partial charge is 0.460 e. The Balaban J connectivity index is 5.38. The lowest BCUT2D eigenvalue weighted by atomic mass is 9.96. The van der Waals surface area contributed by atoms with Crippen LogP contribution in [0.2, 0.25) is 0 Å². The summed E-state index contributed by atoms with van der Waals surface area (Å²) in [5, 5.41) is 8.57. The molecule has 1 N–H and O–H groups in total. The number of aliphatic hydroxyl groups is 1. The van der Waals surface area contributed by atoms with Crippen molar-refractivity contribution >= 4 is 0 Å². The monoisotopic (exact) mass is 412 g/mol. The van der Waals surface area contributed by atoms with Crippen LogP contribution in [0.15, 0.2) is 11.6 Å². The van der Waals surface area contributed by atoms with Gasteiger partial charge < -0.3 is 5.11 Å². The van der Waals surface area contributed by atoms with Gasteiger partial charge in [-0.3, -0.25) is 0 Å². The lowest BCUT2D eigenvalue weighted by Gasteiger charge is -2.33. The Morgan fingerprint density at radius 1 is 0.852 bits per heavy atom. The molecule has 0 aliphatic heterocycles. The fourth-order valence-corrected chi connectivity index (χ4v) is 2.10. The van der Waals surface area contributed by atoms with Gasteiger partial charge in [0.05, 0.1) is 6.42 Å². The van der Waals surface area contributed by atoms with Crippen LogP contribution >= 0.6 is 0 Å². The minimum Gasteiger partial charge on any atom is -0.384 e. The van der Waals surface area contributed by atoms with E-state index < -0.39 is 42.5 Å². The van der Waals surface area contributed by atoms with Crippen molar-refractivity contribution in [1.29, 1.82) is 0 Å². The molecule has 0 spiro atoms. The summed E-state index contributed by atoms with van der Waals surface area (Å²) < 4.78 is 116. The predicted molar refractivity (Wildman–Crippen MR) is 81.8 cm³/mol. The van der Waals surface area contributed by atoms with Crippen molar-refractivity contribution in [2.75, 3.05) is 6.61 Å². The fraction of sp³-hybridized carbons (Fsp3) is 0.765. The lowest BCUT2D eigenvalue weighted by molar-refractivity contribution is -0.395. The third-order valence-electron chi connectivity index (χ3n) is 3.65. The molecule has 158 valence electrons. The number of unbranched alkanes of at least 4 members (excludes halogenated alkanes) is 5. The molecule has 0 rings (SSSR count). The minimum absolute atomic E-state index is 0.108. The molecule has 1 nitrogen and oxygen atoms in total. The molecule has 0 amide bonds. The van der Waals surface area contributed by atoms with E-state index in [0.717, 1.165) is 25.3 Å². The molecule has 0 saturated heterocycles. The summed E-state index contributed by atoms with van der Waals surface area (Å²) in [6.07, 6.45) is -3.97. The topological polar surface area (TPSA) is 20.2 Å². The predicted octanol–water partition coefficient (Wildman–Crippen LogP) is 6.13. The van der Waals surface area contributed by atoms with Crippen LogP contribution in [-0.4, -0.2) is 35.7 Å². The van der Waals surface area contributed by atoms with E-state index in [1.54, 1.807) is 0 Å². The molecule has 0 aliphatic rings. The zero-order chi connectivity index (χ0) is 21.4. The van der Waals surface area contributed by atoms with Crippen LogP contribution in [0.4, 0.5) is 39.5 Å². The SMILES string of the molecule is CCCCCCC/C=C(/C#CCO)CC(F)(F)C(F)(F)C(F)(F)C(F)(F)F. The van der Waals surface area contributed by atoms with Crippen LogP contribution in [0.3, 0.4) is 0 Å². The Labute approximate surface area is 151 Å². The molecule has 0 unspecified atom stereocenters. The van der Waals surface area contributed by atoms with Crippen molar-refractivity contribution in [3.8, 4) is 11.8 Å². The highest BCUT2D eigenvalue weighted by Gasteiger charge is 2.81. The van der Waals surface area contributed by atoms with Gasteiger partial charge in [-0.2, -0.15) is 39.5 Å². The van der Waals surface area contributed by atoms with E-state index in [-0.39, 0.29) is 6.42 Å². The number of allylic oxidation sites excluding steroid dienone is 2. The minimum atomic E-state index is -6.92. The lowest BCUT2D eigenvalue weighted by Crippen LogP contribution is -2.60. The van der Waals surface area contributed by atoms with Crippen LogP contribution < -0.4 is 0 Å². The highest BCUT2D eigenvalue weighted by atomic mass is 19.4. The zero-order valence-corrected chi connectivity index (χ0v) is 14.6. The second-order valence-corrected chi connectivity index (χ2v) is 5.92. The van der Waals surface area contributed by atoms with E-state index in [4.69, 9.17) is 5.11 Å². The maximum absolute atomic E-state index is 13.7. The van der Waals surface area contributed by atoms with Gasteiger partial charge in [0.1, 0.15) is 6.61 Å². The summed E-state index contributed by atoms with van der Waals surface area (Å²) in [4.78, 5) is 0. The van der Waals surface area contributed by atoms with Gasteiger partial charge in [0.25, 0.3) is 0 Å². The molecule has 0 heterocycles. The summed E-state index contributed by atoms with van der Waals surface area (Å²) in [5.41, 5.74) is -0.734. The molecule has 0 saturated carbocycles. The molecule has 10 heteroatoms. The van der Waals surface area contributed by atoms with Crippen molar-refractivity contribution < 1.29 is 44.6 Å². The molecule has 0 aromatic carbocycles. The first-order valence-corrected chi connectivity index (χ1v) is 8.23. The first kappa shape index (κ1) is 25.6. The number of alkyl halides is 9. The first-order valence-electron chi connectivity index (χ1n) is 8.23. The van der Waals surface area contributed by atoms with E-state index in [0.29, 0.717) is 12.8 Å². The number of aliphatic hydroxyl groups excluding tert-OH is 1. The third-order valence-corrected chi connectivity index (χ3v) is 3.65. The van der Waals surface area contributed by atoms with E-state index >= 15 is 0 Å². The second kappa shape index (κ2) is 10.2. The molecule has 0 atom stereocenters. The average Bonchev–Trinajstić information content (AvgIpc) is 2.53. The van der Waals surface area contributed by atoms with Crippen LogP contribution in [0.5, 0.6) is 0 Å². The van der Waals surface area contributed by atoms with Gasteiger partial charge >= 0.3 is 23.9 Å². The third kappa shape index (κ3) is 6.94. The molecule has 27 heavy (non-hydrogen) atoms. The van der Waals surface area contributed by atoms with E-state index in [1.807, 2.05) is 18.8 Å². The molecular formula is C17H21F9O. The van der Waals surface area contributed by atoms with Gasteiger partial charge in [0, 0.05) is 5.57 Å². The quantitative estimate of drug-likeness (QED) is 0.260. The Bertz CT molecular complexity index is 539. The first-order chi connectivity index (χ1) is 12.2. The van der Waals surface area contributed by atoms with Crippen molar-refractivity contribution in [2.24, 2.45) is 0 Å². The Kier molecular flexibility index (Phi) is 9.73. The van der Waals surface area contributed by atoms with Gasteiger partial charge in [-0.05, 0) is 12.8 Å². The molecule has 0 aliphatic carbocycles. The van der Waals surface area contributed by atoms with Crippen LogP contribution in [0.1, 0.15) is 51.9 Å². The van der Waals surface area contributed by atoms with Crippen molar-refractivity contribution in [3.63, 3.8) is 0 Å². The Morgan fingerprint density at radius 3 is 1.89 bits per heavy atom. The standard InChI is InChI=1S/C17H21F9O/c1-2-3-4-5-6-7-9-13(10-8-11-27)12-14(18,19)15(20,21)16(22,23)17(24,25)26/h9,27H,2-7,11-12H2,1H3/b13-9-. The number of hydrogen-bond donors (Lipinski definition) is 1. The molecule has 0 bridgehead atoms. The maximum Gasteiger partial charge on any atom is 0.460 e. The van der Waals surface area contributed by atoms with E-state index in [9.17, 15) is 39.5 Å². The van der Waals surface area contributed by atoms with Crippen LogP contribution in [-0.2, 0) is 0 Å². The van der Waals surface area contributed by atoms with Gasteiger partial charge in [-0.25, -0.2) is 0 Å². The fourth-order valence-electron chi connectivity index (χ4n) is 2.10. The van der Waals surface area contributed by atoms with Gasteiger partial charge in [-0.15, -0.1) is 0 Å². The van der Waals surface area contributed by atoms with Gasteiger partial charge in [0.15, 0.2) is 0 Å².